The molecular weight excluding hydrogens is 247 g/mol. The van der Waals surface area contributed by atoms with Gasteiger partial charge in [0.1, 0.15) is 0 Å². The van der Waals surface area contributed by atoms with E-state index in [0.717, 1.165) is 21.8 Å². The average Bonchev–Trinajstić information content (AvgIpc) is 2.40. The Labute approximate surface area is 118 Å². The number of pyridine rings is 2. The second kappa shape index (κ2) is 4.48. The summed E-state index contributed by atoms with van der Waals surface area (Å²) in [6, 6.07) is 11.5. The second-order valence-electron chi connectivity index (χ2n) is 6.40. The minimum absolute atomic E-state index is 0.0441. The fraction of sp³-hybridized carbons (Fsp3) is 0.250. The highest BCUT2D eigenvalue weighted by molar-refractivity contribution is 6.40. The van der Waals surface area contributed by atoms with E-state index in [1.165, 1.54) is 0 Å². The van der Waals surface area contributed by atoms with E-state index in [2.05, 4.69) is 25.8 Å². The second-order valence-corrected chi connectivity index (χ2v) is 6.40. The molecule has 100 valence electrons. The summed E-state index contributed by atoms with van der Waals surface area (Å²) in [4.78, 5) is 16.8. The Kier molecular flexibility index (Phi) is 2.89. The first-order valence-corrected chi connectivity index (χ1v) is 6.83. The lowest BCUT2D eigenvalue weighted by Gasteiger charge is -2.20. The molecule has 2 aromatic heterocycles. The third kappa shape index (κ3) is 2.22. The van der Waals surface area contributed by atoms with Crippen LogP contribution in [0.2, 0.25) is 5.31 Å². The fourth-order valence-corrected chi connectivity index (χ4v) is 2.56. The summed E-state index contributed by atoms with van der Waals surface area (Å²) < 4.78 is 1.87. The SMILES string of the molecule is CC(C)(C)Bn1c(=O)ccc2cnc3ccccc3c21. The van der Waals surface area contributed by atoms with Gasteiger partial charge in [0.2, 0.25) is 5.56 Å². The molecule has 0 N–H and O–H groups in total. The van der Waals surface area contributed by atoms with Crippen molar-refractivity contribution in [2.75, 3.05) is 0 Å². The van der Waals surface area contributed by atoms with Crippen LogP contribution in [0.25, 0.3) is 21.8 Å². The molecule has 0 radical (unpaired) electrons. The Morgan fingerprint density at radius 3 is 2.60 bits per heavy atom. The van der Waals surface area contributed by atoms with Crippen LogP contribution in [0.4, 0.5) is 0 Å². The van der Waals surface area contributed by atoms with E-state index in [0.29, 0.717) is 7.41 Å². The number of para-hydroxylation sites is 1. The van der Waals surface area contributed by atoms with Gasteiger partial charge < -0.3 is 4.48 Å². The van der Waals surface area contributed by atoms with Gasteiger partial charge in [-0.1, -0.05) is 39.0 Å². The van der Waals surface area contributed by atoms with Crippen LogP contribution in [-0.2, 0) is 0 Å². The first-order valence-electron chi connectivity index (χ1n) is 6.83. The predicted octanol–water partition coefficient (Wildman–Crippen LogP) is 2.97. The molecule has 3 nitrogen and oxygen atoms in total. The number of fused-ring (bicyclic) bond motifs is 3. The molecule has 3 aromatic rings. The molecule has 2 heterocycles. The third-order valence-corrected chi connectivity index (χ3v) is 3.35. The molecule has 3 rings (SSSR count). The molecule has 0 bridgehead atoms. The molecule has 0 saturated heterocycles. The van der Waals surface area contributed by atoms with E-state index in [1.807, 2.05) is 41.0 Å². The molecule has 0 unspecified atom stereocenters. The summed E-state index contributed by atoms with van der Waals surface area (Å²) >= 11 is 0. The zero-order valence-corrected chi connectivity index (χ0v) is 12.1. The monoisotopic (exact) mass is 264 g/mol. The van der Waals surface area contributed by atoms with Crippen LogP contribution in [0.15, 0.2) is 47.4 Å². The van der Waals surface area contributed by atoms with Gasteiger partial charge in [0.25, 0.3) is 7.41 Å². The van der Waals surface area contributed by atoms with Crippen molar-refractivity contribution >= 4 is 29.2 Å². The van der Waals surface area contributed by atoms with Gasteiger partial charge in [0.05, 0.1) is 5.52 Å². The van der Waals surface area contributed by atoms with Gasteiger partial charge in [-0.05, 0) is 17.4 Å². The summed E-state index contributed by atoms with van der Waals surface area (Å²) in [5, 5.41) is 2.09. The average molecular weight is 264 g/mol. The number of hydrogen-bond donors (Lipinski definition) is 0. The van der Waals surface area contributed by atoms with Crippen molar-refractivity contribution in [1.82, 2.24) is 9.46 Å². The van der Waals surface area contributed by atoms with E-state index in [4.69, 9.17) is 0 Å². The van der Waals surface area contributed by atoms with Gasteiger partial charge in [-0.2, -0.15) is 0 Å². The lowest BCUT2D eigenvalue weighted by atomic mass is 9.64. The van der Waals surface area contributed by atoms with Crippen LogP contribution in [0.3, 0.4) is 0 Å². The Balaban J connectivity index is 2.45. The highest BCUT2D eigenvalue weighted by Crippen LogP contribution is 2.25. The molecule has 0 spiro atoms. The lowest BCUT2D eigenvalue weighted by molar-refractivity contribution is 0.739. The van der Waals surface area contributed by atoms with Crippen LogP contribution >= 0.6 is 0 Å². The largest absolute Gasteiger partial charge is 0.356 e. The molecule has 0 amide bonds. The minimum Gasteiger partial charge on any atom is -0.356 e. The molecule has 1 aromatic carbocycles. The molecule has 0 aliphatic heterocycles. The van der Waals surface area contributed by atoms with Crippen molar-refractivity contribution in [2.24, 2.45) is 0 Å². The number of benzene rings is 1. The van der Waals surface area contributed by atoms with Crippen LogP contribution < -0.4 is 5.56 Å². The third-order valence-electron chi connectivity index (χ3n) is 3.35. The Bertz CT molecular complexity index is 846. The van der Waals surface area contributed by atoms with Crippen LogP contribution in [0.5, 0.6) is 0 Å². The lowest BCUT2D eigenvalue weighted by Crippen LogP contribution is -2.29. The standard InChI is InChI=1S/C16H17BN2O/c1-16(2,3)17-19-14(20)9-8-11-10-18-13-7-5-4-6-12(13)15(11)19/h4-10,17H,1-3H3. The smallest absolute Gasteiger partial charge is 0.251 e. The zero-order chi connectivity index (χ0) is 14.3. The molecule has 4 heteroatoms. The molecule has 0 saturated carbocycles. The molecule has 0 fully saturated rings. The Morgan fingerprint density at radius 1 is 1.10 bits per heavy atom. The number of aromatic nitrogens is 2. The highest BCUT2D eigenvalue weighted by atomic mass is 16.1. The highest BCUT2D eigenvalue weighted by Gasteiger charge is 2.18. The van der Waals surface area contributed by atoms with E-state index in [9.17, 15) is 4.79 Å². The molecule has 20 heavy (non-hydrogen) atoms. The van der Waals surface area contributed by atoms with Crippen LogP contribution in [-0.4, -0.2) is 16.9 Å². The van der Waals surface area contributed by atoms with Gasteiger partial charge >= 0.3 is 0 Å². The van der Waals surface area contributed by atoms with E-state index < -0.39 is 0 Å². The summed E-state index contributed by atoms with van der Waals surface area (Å²) in [5.74, 6) is 0. The maximum atomic E-state index is 12.3. The summed E-state index contributed by atoms with van der Waals surface area (Å²) in [5.41, 5.74) is 1.95. The van der Waals surface area contributed by atoms with Gasteiger partial charge in [-0.3, -0.25) is 9.78 Å². The quantitative estimate of drug-likeness (QED) is 0.500. The van der Waals surface area contributed by atoms with Crippen LogP contribution in [0.1, 0.15) is 20.8 Å². The normalized spacial score (nSPS) is 11.9. The minimum atomic E-state index is 0.0441. The molecule has 0 aliphatic carbocycles. The predicted molar refractivity (Wildman–Crippen MR) is 85.8 cm³/mol. The van der Waals surface area contributed by atoms with E-state index in [-0.39, 0.29) is 10.9 Å². The Morgan fingerprint density at radius 2 is 1.85 bits per heavy atom. The first-order chi connectivity index (χ1) is 9.46. The maximum Gasteiger partial charge on any atom is 0.251 e. The molecule has 0 aliphatic rings. The maximum absolute atomic E-state index is 12.3. The number of hydrogen-bond acceptors (Lipinski definition) is 2. The topological polar surface area (TPSA) is 34.9 Å². The van der Waals surface area contributed by atoms with Crippen molar-refractivity contribution < 1.29 is 0 Å². The first kappa shape index (κ1) is 12.9. The summed E-state index contributed by atoms with van der Waals surface area (Å²) in [6.07, 6.45) is 1.84. The van der Waals surface area contributed by atoms with Crippen molar-refractivity contribution in [1.29, 1.82) is 0 Å². The van der Waals surface area contributed by atoms with Gasteiger partial charge in [0, 0.05) is 28.6 Å². The van der Waals surface area contributed by atoms with Crippen LogP contribution in [0, 0.1) is 0 Å². The van der Waals surface area contributed by atoms with E-state index in [1.54, 1.807) is 6.07 Å². The zero-order valence-electron chi connectivity index (χ0n) is 12.1. The van der Waals surface area contributed by atoms with Gasteiger partial charge in [-0.25, -0.2) is 0 Å². The van der Waals surface area contributed by atoms with Crippen molar-refractivity contribution in [3.8, 4) is 0 Å². The van der Waals surface area contributed by atoms with Crippen molar-refractivity contribution in [3.05, 3.63) is 52.9 Å². The molecular formula is C16H17BN2O. The molecule has 0 atom stereocenters. The fourth-order valence-electron chi connectivity index (χ4n) is 2.56. The Hall–Kier alpha value is -2.10. The van der Waals surface area contributed by atoms with E-state index >= 15 is 0 Å². The number of rotatable bonds is 1. The van der Waals surface area contributed by atoms with Gasteiger partial charge in [0.15, 0.2) is 0 Å². The number of nitrogens with zero attached hydrogens (tertiary/aromatic N) is 2. The van der Waals surface area contributed by atoms with Crippen molar-refractivity contribution in [2.45, 2.75) is 26.1 Å². The van der Waals surface area contributed by atoms with Crippen molar-refractivity contribution in [3.63, 3.8) is 0 Å². The summed E-state index contributed by atoms with van der Waals surface area (Å²) in [6.45, 7) is 6.42. The van der Waals surface area contributed by atoms with Gasteiger partial charge in [-0.15, -0.1) is 0 Å². The summed E-state index contributed by atoms with van der Waals surface area (Å²) in [7, 11) is 0.692.